The van der Waals surface area contributed by atoms with Gasteiger partial charge >= 0.3 is 0 Å². The molecule has 0 aliphatic carbocycles. The summed E-state index contributed by atoms with van der Waals surface area (Å²) in [4.78, 5) is 15.4. The van der Waals surface area contributed by atoms with Crippen molar-refractivity contribution >= 4 is 39.3 Å². The van der Waals surface area contributed by atoms with Gasteiger partial charge in [0.2, 0.25) is 0 Å². The van der Waals surface area contributed by atoms with Gasteiger partial charge in [-0.25, -0.2) is 0 Å². The molecule has 0 N–H and O–H groups in total. The van der Waals surface area contributed by atoms with Crippen molar-refractivity contribution in [2.75, 3.05) is 12.0 Å². The van der Waals surface area contributed by atoms with E-state index in [1.807, 2.05) is 79.4 Å². The van der Waals surface area contributed by atoms with E-state index >= 15 is 0 Å². The number of carbonyl (C=O) groups is 1. The predicted molar refractivity (Wildman–Crippen MR) is 126 cm³/mol. The zero-order valence-electron chi connectivity index (χ0n) is 17.1. The van der Waals surface area contributed by atoms with Crippen LogP contribution in [-0.2, 0) is 4.79 Å². The van der Waals surface area contributed by atoms with Gasteiger partial charge in [0.25, 0.3) is 5.91 Å². The Morgan fingerprint density at radius 1 is 0.967 bits per heavy atom. The molecule has 0 fully saturated rings. The minimum absolute atomic E-state index is 0.0329. The normalized spacial score (nSPS) is 14.9. The van der Waals surface area contributed by atoms with E-state index in [9.17, 15) is 4.79 Å². The number of aryl methyl sites for hydroxylation is 2. The largest absolute Gasteiger partial charge is 0.496 e. The van der Waals surface area contributed by atoms with Crippen LogP contribution in [0, 0.1) is 13.8 Å². The fraction of sp³-hybridized carbons (Fsp3) is 0.115. The van der Waals surface area contributed by atoms with E-state index in [0.717, 1.165) is 43.9 Å². The Balaban J connectivity index is 1.84. The number of benzene rings is 3. The van der Waals surface area contributed by atoms with Crippen LogP contribution in [0.3, 0.4) is 0 Å². The van der Waals surface area contributed by atoms with Gasteiger partial charge < -0.3 is 4.74 Å². The topological polar surface area (TPSA) is 29.5 Å². The number of anilines is 1. The summed E-state index contributed by atoms with van der Waals surface area (Å²) in [5.74, 6) is 0.724. The fourth-order valence-electron chi connectivity index (χ4n) is 3.59. The molecular formula is C26H22BrNO2. The van der Waals surface area contributed by atoms with Crippen LogP contribution in [0.15, 0.2) is 82.9 Å². The first-order valence-corrected chi connectivity index (χ1v) is 10.5. The molecule has 3 aromatic rings. The maximum Gasteiger partial charge on any atom is 0.262 e. The minimum atomic E-state index is -0.0329. The van der Waals surface area contributed by atoms with Crippen LogP contribution in [-0.4, -0.2) is 13.0 Å². The lowest BCUT2D eigenvalue weighted by Crippen LogP contribution is -2.25. The SMILES string of the molecule is COc1ccc(C=C2C=C(c3ccccc3)N(c3cc(C)ccc3C)C2=O)cc1Br. The molecule has 30 heavy (non-hydrogen) atoms. The summed E-state index contributed by atoms with van der Waals surface area (Å²) < 4.78 is 6.16. The number of nitrogens with zero attached hydrogens (tertiary/aromatic N) is 1. The van der Waals surface area contributed by atoms with Gasteiger partial charge in [-0.3, -0.25) is 9.69 Å². The number of hydrogen-bond acceptors (Lipinski definition) is 2. The van der Waals surface area contributed by atoms with Crippen LogP contribution in [0.25, 0.3) is 11.8 Å². The third-order valence-electron chi connectivity index (χ3n) is 5.16. The molecule has 3 aromatic carbocycles. The molecule has 0 aromatic heterocycles. The molecule has 0 unspecified atom stereocenters. The lowest BCUT2D eigenvalue weighted by Gasteiger charge is -2.23. The Morgan fingerprint density at radius 3 is 2.43 bits per heavy atom. The van der Waals surface area contributed by atoms with E-state index in [-0.39, 0.29) is 5.91 Å². The summed E-state index contributed by atoms with van der Waals surface area (Å²) in [5.41, 5.74) is 6.55. The first-order chi connectivity index (χ1) is 14.5. The summed E-state index contributed by atoms with van der Waals surface area (Å²) in [6, 6.07) is 22.0. The molecule has 4 rings (SSSR count). The molecular weight excluding hydrogens is 438 g/mol. The second-order valence-corrected chi connectivity index (χ2v) is 8.17. The fourth-order valence-corrected chi connectivity index (χ4v) is 4.15. The predicted octanol–water partition coefficient (Wildman–Crippen LogP) is 6.55. The van der Waals surface area contributed by atoms with Crippen molar-refractivity contribution in [2.45, 2.75) is 13.8 Å². The first kappa shape index (κ1) is 20.2. The highest BCUT2D eigenvalue weighted by Crippen LogP contribution is 2.37. The monoisotopic (exact) mass is 459 g/mol. The zero-order valence-corrected chi connectivity index (χ0v) is 18.7. The van der Waals surface area contributed by atoms with E-state index in [4.69, 9.17) is 4.74 Å². The summed E-state index contributed by atoms with van der Waals surface area (Å²) in [5, 5.41) is 0. The smallest absolute Gasteiger partial charge is 0.262 e. The average Bonchev–Trinajstić information content (AvgIpc) is 3.06. The van der Waals surface area contributed by atoms with Crippen molar-refractivity contribution in [1.82, 2.24) is 0 Å². The molecule has 0 saturated heterocycles. The maximum absolute atomic E-state index is 13.5. The Kier molecular flexibility index (Phi) is 5.60. The Bertz CT molecular complexity index is 1180. The van der Waals surface area contributed by atoms with E-state index < -0.39 is 0 Å². The van der Waals surface area contributed by atoms with Gasteiger partial charge in [0.15, 0.2) is 0 Å². The van der Waals surface area contributed by atoms with Gasteiger partial charge in [-0.1, -0.05) is 48.5 Å². The summed E-state index contributed by atoms with van der Waals surface area (Å²) >= 11 is 3.52. The summed E-state index contributed by atoms with van der Waals surface area (Å²) in [6.45, 7) is 4.08. The average molecular weight is 460 g/mol. The third-order valence-corrected chi connectivity index (χ3v) is 5.78. The second-order valence-electron chi connectivity index (χ2n) is 7.32. The molecule has 1 aliphatic rings. The van der Waals surface area contributed by atoms with Crippen molar-refractivity contribution in [3.8, 4) is 5.75 Å². The first-order valence-electron chi connectivity index (χ1n) is 9.72. The van der Waals surface area contributed by atoms with E-state index in [1.165, 1.54) is 0 Å². The van der Waals surface area contributed by atoms with Gasteiger partial charge in [0.05, 0.1) is 23.0 Å². The van der Waals surface area contributed by atoms with E-state index in [1.54, 1.807) is 7.11 Å². The van der Waals surface area contributed by atoms with E-state index in [0.29, 0.717) is 5.57 Å². The molecule has 0 saturated carbocycles. The Labute approximate surface area is 185 Å². The number of carbonyl (C=O) groups excluding carboxylic acids is 1. The van der Waals surface area contributed by atoms with Crippen LogP contribution in [0.2, 0.25) is 0 Å². The number of ether oxygens (including phenoxy) is 1. The summed E-state index contributed by atoms with van der Waals surface area (Å²) in [7, 11) is 1.63. The highest BCUT2D eigenvalue weighted by molar-refractivity contribution is 9.10. The quantitative estimate of drug-likeness (QED) is 0.414. The lowest BCUT2D eigenvalue weighted by atomic mass is 10.1. The van der Waals surface area contributed by atoms with Crippen molar-refractivity contribution in [1.29, 1.82) is 0 Å². The van der Waals surface area contributed by atoms with Crippen molar-refractivity contribution in [3.05, 3.63) is 105 Å². The molecule has 0 bridgehead atoms. The molecule has 150 valence electrons. The standard InChI is InChI=1S/C26H22BrNO2/c1-17-9-10-18(2)23(13-17)28-24(20-7-5-4-6-8-20)16-21(26(28)29)14-19-11-12-25(30-3)22(27)15-19/h4-16H,1-3H3. The van der Waals surface area contributed by atoms with Gasteiger partial charge in [0, 0.05) is 5.57 Å². The lowest BCUT2D eigenvalue weighted by molar-refractivity contribution is -0.113. The maximum atomic E-state index is 13.5. The van der Waals surface area contributed by atoms with E-state index in [2.05, 4.69) is 34.1 Å². The molecule has 1 aliphatic heterocycles. The van der Waals surface area contributed by atoms with Crippen molar-refractivity contribution < 1.29 is 9.53 Å². The molecule has 0 spiro atoms. The highest BCUT2D eigenvalue weighted by atomic mass is 79.9. The molecule has 0 atom stereocenters. The molecule has 1 amide bonds. The van der Waals surface area contributed by atoms with Crippen molar-refractivity contribution in [2.24, 2.45) is 0 Å². The Morgan fingerprint density at radius 2 is 1.73 bits per heavy atom. The van der Waals surface area contributed by atoms with Crippen LogP contribution < -0.4 is 9.64 Å². The number of amides is 1. The second kappa shape index (κ2) is 8.33. The molecule has 1 heterocycles. The molecule has 4 heteroatoms. The van der Waals surface area contributed by atoms with Gasteiger partial charge in [-0.2, -0.15) is 0 Å². The number of rotatable bonds is 4. The molecule has 3 nitrogen and oxygen atoms in total. The third kappa shape index (κ3) is 3.83. The number of hydrogen-bond donors (Lipinski definition) is 0. The Hall–Kier alpha value is -3.11. The molecule has 0 radical (unpaired) electrons. The van der Waals surface area contributed by atoms with Crippen LogP contribution in [0.5, 0.6) is 5.75 Å². The number of methoxy groups -OCH3 is 1. The summed E-state index contributed by atoms with van der Waals surface area (Å²) in [6.07, 6.45) is 3.89. The number of halogens is 1. The van der Waals surface area contributed by atoms with Crippen LogP contribution in [0.4, 0.5) is 5.69 Å². The highest BCUT2D eigenvalue weighted by Gasteiger charge is 2.31. The van der Waals surface area contributed by atoms with Gasteiger partial charge in [-0.15, -0.1) is 0 Å². The van der Waals surface area contributed by atoms with Crippen LogP contribution in [0.1, 0.15) is 22.3 Å². The van der Waals surface area contributed by atoms with Gasteiger partial charge in [-0.05, 0) is 82.4 Å². The zero-order chi connectivity index (χ0) is 21.3. The van der Waals surface area contributed by atoms with Crippen molar-refractivity contribution in [3.63, 3.8) is 0 Å². The minimum Gasteiger partial charge on any atom is -0.496 e. The van der Waals surface area contributed by atoms with Gasteiger partial charge in [0.1, 0.15) is 5.75 Å². The van der Waals surface area contributed by atoms with Crippen LogP contribution >= 0.6 is 15.9 Å².